The first-order chi connectivity index (χ1) is 9.72. The summed E-state index contributed by atoms with van der Waals surface area (Å²) in [6.07, 6.45) is 1.60. The number of aromatic nitrogens is 1. The van der Waals surface area contributed by atoms with Gasteiger partial charge in [0, 0.05) is 6.20 Å². The third-order valence-electron chi connectivity index (χ3n) is 3.00. The van der Waals surface area contributed by atoms with Crippen molar-refractivity contribution >= 4 is 51.6 Å². The van der Waals surface area contributed by atoms with Gasteiger partial charge in [0.15, 0.2) is 5.82 Å². The molecule has 0 spiro atoms. The first kappa shape index (κ1) is 13.0. The maximum absolute atomic E-state index is 12.3. The predicted molar refractivity (Wildman–Crippen MR) is 84.7 cm³/mol. The molecule has 1 aliphatic heterocycles. The van der Waals surface area contributed by atoms with E-state index in [0.29, 0.717) is 27.2 Å². The van der Waals surface area contributed by atoms with Crippen LogP contribution in [0.1, 0.15) is 10.4 Å². The van der Waals surface area contributed by atoms with Crippen LogP contribution in [0.2, 0.25) is 0 Å². The molecular weight excluding hydrogens is 369 g/mol. The number of anilines is 3. The van der Waals surface area contributed by atoms with Gasteiger partial charge in [-0.2, -0.15) is 0 Å². The van der Waals surface area contributed by atoms with Crippen LogP contribution in [-0.2, 0) is 4.79 Å². The fourth-order valence-corrected chi connectivity index (χ4v) is 2.49. The molecule has 0 aliphatic carbocycles. The molecule has 0 saturated carbocycles. The number of fused-ring (bicyclic) bond motifs is 2. The topological polar surface area (TPSA) is 62.3 Å². The molecule has 6 heteroatoms. The number of benzene rings is 1. The van der Waals surface area contributed by atoms with Gasteiger partial charge in [0.25, 0.3) is 5.91 Å². The molecule has 0 radical (unpaired) electrons. The molecule has 2 heterocycles. The standard InChI is InChI=1S/C14H10IN3O2/c15-8-12(19)18-11-6-2-1-4-9(11)14(20)17-10-5-3-7-16-13(10)18/h1-7H,8H2,(H,17,20). The summed E-state index contributed by atoms with van der Waals surface area (Å²) < 4.78 is 0.302. The van der Waals surface area contributed by atoms with Crippen LogP contribution in [0.5, 0.6) is 0 Å². The molecule has 2 aromatic rings. The number of halogens is 1. The molecule has 20 heavy (non-hydrogen) atoms. The highest BCUT2D eigenvalue weighted by Crippen LogP contribution is 2.36. The number of rotatable bonds is 1. The second kappa shape index (κ2) is 5.20. The Bertz CT molecular complexity index is 702. The third kappa shape index (κ3) is 2.05. The van der Waals surface area contributed by atoms with Gasteiger partial charge in [-0.25, -0.2) is 4.98 Å². The fourth-order valence-electron chi connectivity index (χ4n) is 2.15. The fraction of sp³-hybridized carbons (Fsp3) is 0.0714. The minimum Gasteiger partial charge on any atom is -0.319 e. The highest BCUT2D eigenvalue weighted by molar-refractivity contribution is 14.1. The lowest BCUT2D eigenvalue weighted by Crippen LogP contribution is -2.28. The quantitative estimate of drug-likeness (QED) is 0.612. The lowest BCUT2D eigenvalue weighted by molar-refractivity contribution is -0.115. The SMILES string of the molecule is O=C1Nc2cccnc2N(C(=O)CI)c2ccccc21. The van der Waals surface area contributed by atoms with Crippen molar-refractivity contribution in [3.05, 3.63) is 48.2 Å². The molecule has 1 aromatic heterocycles. The van der Waals surface area contributed by atoms with Gasteiger partial charge in [0.05, 0.1) is 21.4 Å². The molecule has 1 N–H and O–H groups in total. The predicted octanol–water partition coefficient (Wildman–Crippen LogP) is 2.75. The molecule has 0 saturated heterocycles. The smallest absolute Gasteiger partial charge is 0.257 e. The van der Waals surface area contributed by atoms with Crippen LogP contribution < -0.4 is 10.2 Å². The van der Waals surface area contributed by atoms with Gasteiger partial charge in [-0.15, -0.1) is 0 Å². The van der Waals surface area contributed by atoms with E-state index in [0.717, 1.165) is 0 Å². The Morgan fingerprint density at radius 1 is 1.25 bits per heavy atom. The number of hydrogen-bond acceptors (Lipinski definition) is 3. The maximum Gasteiger partial charge on any atom is 0.257 e. The number of hydrogen-bond donors (Lipinski definition) is 1. The summed E-state index contributed by atoms with van der Waals surface area (Å²) in [5.74, 6) is 0.0978. The monoisotopic (exact) mass is 379 g/mol. The average Bonchev–Trinajstić information content (AvgIpc) is 2.61. The van der Waals surface area contributed by atoms with Crippen LogP contribution in [-0.4, -0.2) is 21.2 Å². The van der Waals surface area contributed by atoms with Crippen molar-refractivity contribution in [1.82, 2.24) is 4.98 Å². The van der Waals surface area contributed by atoms with Crippen LogP contribution in [0, 0.1) is 0 Å². The van der Waals surface area contributed by atoms with Gasteiger partial charge < -0.3 is 5.32 Å². The van der Waals surface area contributed by atoms with E-state index in [9.17, 15) is 9.59 Å². The number of amides is 2. The minimum absolute atomic E-state index is 0.116. The molecule has 1 aromatic carbocycles. The van der Waals surface area contributed by atoms with E-state index in [1.807, 2.05) is 22.6 Å². The van der Waals surface area contributed by atoms with Crippen LogP contribution in [0.15, 0.2) is 42.6 Å². The zero-order valence-electron chi connectivity index (χ0n) is 10.3. The molecule has 0 fully saturated rings. The first-order valence-corrected chi connectivity index (χ1v) is 7.49. The zero-order valence-corrected chi connectivity index (χ0v) is 12.5. The Morgan fingerprint density at radius 3 is 2.85 bits per heavy atom. The molecule has 0 unspecified atom stereocenters. The van der Waals surface area contributed by atoms with Crippen LogP contribution in [0.3, 0.4) is 0 Å². The number of nitrogens with one attached hydrogen (secondary N) is 1. The van der Waals surface area contributed by atoms with Crippen LogP contribution >= 0.6 is 22.6 Å². The lowest BCUT2D eigenvalue weighted by Gasteiger charge is -2.21. The molecule has 2 amide bonds. The second-order valence-electron chi connectivity index (χ2n) is 4.21. The summed E-state index contributed by atoms with van der Waals surface area (Å²) in [5.41, 5.74) is 1.56. The van der Waals surface area contributed by atoms with Crippen molar-refractivity contribution in [2.75, 3.05) is 14.6 Å². The molecule has 0 atom stereocenters. The third-order valence-corrected chi connectivity index (χ3v) is 3.65. The van der Waals surface area contributed by atoms with Crippen molar-refractivity contribution in [3.63, 3.8) is 0 Å². The van der Waals surface area contributed by atoms with E-state index in [1.54, 1.807) is 42.6 Å². The van der Waals surface area contributed by atoms with Gasteiger partial charge in [-0.3, -0.25) is 14.5 Å². The Hall–Kier alpha value is -1.96. The highest BCUT2D eigenvalue weighted by Gasteiger charge is 2.29. The van der Waals surface area contributed by atoms with Crippen molar-refractivity contribution in [3.8, 4) is 0 Å². The summed E-state index contributed by atoms with van der Waals surface area (Å²) in [6.45, 7) is 0. The maximum atomic E-state index is 12.3. The molecule has 1 aliphatic rings. The Kier molecular flexibility index (Phi) is 3.39. The van der Waals surface area contributed by atoms with E-state index in [2.05, 4.69) is 10.3 Å². The number of alkyl halides is 1. The summed E-state index contributed by atoms with van der Waals surface area (Å²) in [5, 5.41) is 2.79. The van der Waals surface area contributed by atoms with Gasteiger partial charge in [-0.1, -0.05) is 34.7 Å². The van der Waals surface area contributed by atoms with Gasteiger partial charge in [0.1, 0.15) is 0 Å². The normalized spacial score (nSPS) is 13.1. The number of nitrogens with zero attached hydrogens (tertiary/aromatic N) is 2. The van der Waals surface area contributed by atoms with Crippen molar-refractivity contribution in [1.29, 1.82) is 0 Å². The first-order valence-electron chi connectivity index (χ1n) is 5.96. The Labute approximate surface area is 129 Å². The number of carbonyl (C=O) groups excluding carboxylic acids is 2. The van der Waals surface area contributed by atoms with E-state index in [1.165, 1.54) is 4.90 Å². The van der Waals surface area contributed by atoms with Gasteiger partial charge >= 0.3 is 0 Å². The molecule has 5 nitrogen and oxygen atoms in total. The summed E-state index contributed by atoms with van der Waals surface area (Å²) in [4.78, 5) is 30.3. The molecule has 0 bridgehead atoms. The van der Waals surface area contributed by atoms with E-state index in [4.69, 9.17) is 0 Å². The van der Waals surface area contributed by atoms with Gasteiger partial charge in [-0.05, 0) is 24.3 Å². The highest BCUT2D eigenvalue weighted by atomic mass is 127. The van der Waals surface area contributed by atoms with Crippen molar-refractivity contribution in [2.45, 2.75) is 0 Å². The summed E-state index contributed by atoms with van der Waals surface area (Å²) >= 11 is 2.01. The van der Waals surface area contributed by atoms with Crippen molar-refractivity contribution < 1.29 is 9.59 Å². The Balaban J connectivity index is 2.29. The van der Waals surface area contributed by atoms with E-state index in [-0.39, 0.29) is 11.8 Å². The van der Waals surface area contributed by atoms with E-state index >= 15 is 0 Å². The summed E-state index contributed by atoms with van der Waals surface area (Å²) in [7, 11) is 0. The molecule has 100 valence electrons. The zero-order chi connectivity index (χ0) is 14.1. The average molecular weight is 379 g/mol. The van der Waals surface area contributed by atoms with Crippen LogP contribution in [0.4, 0.5) is 17.2 Å². The molecular formula is C14H10IN3O2. The largest absolute Gasteiger partial charge is 0.319 e. The van der Waals surface area contributed by atoms with Crippen molar-refractivity contribution in [2.24, 2.45) is 0 Å². The molecule has 3 rings (SSSR count). The lowest BCUT2D eigenvalue weighted by atomic mass is 10.1. The summed E-state index contributed by atoms with van der Waals surface area (Å²) in [6, 6.07) is 10.5. The number of carbonyl (C=O) groups is 2. The number of pyridine rings is 1. The Morgan fingerprint density at radius 2 is 2.05 bits per heavy atom. The van der Waals surface area contributed by atoms with Gasteiger partial charge in [0.2, 0.25) is 5.91 Å². The minimum atomic E-state index is -0.237. The number of para-hydroxylation sites is 1. The van der Waals surface area contributed by atoms with E-state index < -0.39 is 0 Å². The second-order valence-corrected chi connectivity index (χ2v) is 4.97. The van der Waals surface area contributed by atoms with Crippen LogP contribution in [0.25, 0.3) is 0 Å².